The van der Waals surface area contributed by atoms with Gasteiger partial charge in [-0.05, 0) is 31.0 Å². The van der Waals surface area contributed by atoms with E-state index in [0.717, 1.165) is 30.7 Å². The van der Waals surface area contributed by atoms with Crippen LogP contribution in [0.25, 0.3) is 16.9 Å². The maximum absolute atomic E-state index is 12.7. The van der Waals surface area contributed by atoms with E-state index in [2.05, 4.69) is 9.97 Å². The normalized spacial score (nSPS) is 16.7. The highest BCUT2D eigenvalue weighted by Gasteiger charge is 2.23. The first kappa shape index (κ1) is 20.2. The van der Waals surface area contributed by atoms with E-state index in [1.807, 2.05) is 45.9 Å². The fraction of sp³-hybridized carbons (Fsp3) is 0.278. The summed E-state index contributed by atoms with van der Waals surface area (Å²) >= 11 is 0. The van der Waals surface area contributed by atoms with Crippen molar-refractivity contribution in [3.8, 4) is 5.69 Å². The molecule has 1 unspecified atom stereocenters. The number of amides is 1. The number of benzene rings is 1. The summed E-state index contributed by atoms with van der Waals surface area (Å²) in [5, 5.41) is 0. The summed E-state index contributed by atoms with van der Waals surface area (Å²) in [5.74, 6) is -0.0196. The van der Waals surface area contributed by atoms with Crippen molar-refractivity contribution in [2.45, 2.75) is 18.9 Å². The van der Waals surface area contributed by atoms with Gasteiger partial charge >= 0.3 is 0 Å². The van der Waals surface area contributed by atoms with Gasteiger partial charge in [-0.3, -0.25) is 9.36 Å². The van der Waals surface area contributed by atoms with Crippen molar-refractivity contribution in [1.29, 1.82) is 0 Å². The Hall–Kier alpha value is -2.15. The highest BCUT2D eigenvalue weighted by atomic mass is 35.5. The molecule has 1 atom stereocenters. The van der Waals surface area contributed by atoms with Gasteiger partial charge in [0.25, 0.3) is 5.91 Å². The Morgan fingerprint density at radius 1 is 1.15 bits per heavy atom. The number of hydrogen-bond acceptors (Lipinski definition) is 4. The highest BCUT2D eigenvalue weighted by molar-refractivity contribution is 5.96. The van der Waals surface area contributed by atoms with E-state index in [4.69, 9.17) is 5.73 Å². The smallest absolute Gasteiger partial charge is 0.255 e. The number of halogens is 2. The van der Waals surface area contributed by atoms with E-state index in [1.165, 1.54) is 0 Å². The lowest BCUT2D eigenvalue weighted by atomic mass is 10.1. The van der Waals surface area contributed by atoms with Gasteiger partial charge in [0.2, 0.25) is 0 Å². The number of carbonyl (C=O) groups excluding carboxylic acids is 1. The van der Waals surface area contributed by atoms with Crippen molar-refractivity contribution >= 4 is 41.9 Å². The molecule has 1 aliphatic rings. The second-order valence-electron chi connectivity index (χ2n) is 6.17. The monoisotopic (exact) mass is 393 g/mol. The summed E-state index contributed by atoms with van der Waals surface area (Å²) in [4.78, 5) is 23.3. The number of carbonyl (C=O) groups is 1. The number of imidazole rings is 1. The second-order valence-corrected chi connectivity index (χ2v) is 6.17. The predicted octanol–water partition coefficient (Wildman–Crippen LogP) is 2.83. The third kappa shape index (κ3) is 3.82. The van der Waals surface area contributed by atoms with E-state index < -0.39 is 0 Å². The van der Waals surface area contributed by atoms with Gasteiger partial charge in [-0.15, -0.1) is 24.8 Å². The summed E-state index contributed by atoms with van der Waals surface area (Å²) in [6, 6.07) is 11.8. The molecule has 3 heterocycles. The van der Waals surface area contributed by atoms with Crippen LogP contribution in [0.15, 0.2) is 48.9 Å². The third-order valence-corrected chi connectivity index (χ3v) is 4.41. The number of piperidine rings is 1. The molecule has 0 radical (unpaired) electrons. The Balaban J connectivity index is 0.00000121. The topological polar surface area (TPSA) is 77.0 Å². The first-order chi connectivity index (χ1) is 11.7. The molecule has 0 aliphatic carbocycles. The lowest BCUT2D eigenvalue weighted by molar-refractivity contribution is 0.0708. The Morgan fingerprint density at radius 3 is 2.65 bits per heavy atom. The minimum absolute atomic E-state index is 0. The van der Waals surface area contributed by atoms with Gasteiger partial charge in [0.15, 0.2) is 5.65 Å². The van der Waals surface area contributed by atoms with Crippen LogP contribution in [0.5, 0.6) is 0 Å². The molecule has 26 heavy (non-hydrogen) atoms. The zero-order valence-electron chi connectivity index (χ0n) is 14.1. The molecule has 0 bridgehead atoms. The standard InChI is InChI=1S/C18H19N5O.2ClH/c19-14-5-4-8-22(11-14)18(24)13-9-16-17(20-10-13)23(12-21-16)15-6-2-1-3-7-15;;/h1-3,6-7,9-10,12,14H,4-5,8,11,19H2;2*1H. The third-order valence-electron chi connectivity index (χ3n) is 4.41. The average molecular weight is 394 g/mol. The van der Waals surface area contributed by atoms with Crippen LogP contribution in [0.1, 0.15) is 23.2 Å². The first-order valence-electron chi connectivity index (χ1n) is 8.16. The maximum Gasteiger partial charge on any atom is 0.255 e. The predicted molar refractivity (Wildman–Crippen MR) is 106 cm³/mol. The highest BCUT2D eigenvalue weighted by Crippen LogP contribution is 2.19. The van der Waals surface area contributed by atoms with Crippen LogP contribution in [-0.2, 0) is 0 Å². The number of aromatic nitrogens is 3. The summed E-state index contributed by atoms with van der Waals surface area (Å²) in [6.45, 7) is 1.36. The Morgan fingerprint density at radius 2 is 1.92 bits per heavy atom. The molecule has 3 aromatic rings. The van der Waals surface area contributed by atoms with Gasteiger partial charge in [0.05, 0.1) is 5.56 Å². The van der Waals surface area contributed by atoms with Crippen LogP contribution < -0.4 is 5.73 Å². The summed E-state index contributed by atoms with van der Waals surface area (Å²) in [5.41, 5.74) is 8.99. The van der Waals surface area contributed by atoms with Crippen molar-refractivity contribution in [3.05, 3.63) is 54.5 Å². The van der Waals surface area contributed by atoms with Crippen molar-refractivity contribution in [2.75, 3.05) is 13.1 Å². The Bertz CT molecular complexity index is 884. The minimum Gasteiger partial charge on any atom is -0.337 e. The van der Waals surface area contributed by atoms with E-state index in [0.29, 0.717) is 17.6 Å². The molecule has 8 heteroatoms. The first-order valence-corrected chi connectivity index (χ1v) is 8.16. The molecular formula is C18H21Cl2N5O. The summed E-state index contributed by atoms with van der Waals surface area (Å²) < 4.78 is 1.92. The lowest BCUT2D eigenvalue weighted by Gasteiger charge is -2.30. The minimum atomic E-state index is -0.0196. The molecule has 138 valence electrons. The second kappa shape index (κ2) is 8.49. The number of pyridine rings is 1. The van der Waals surface area contributed by atoms with E-state index in [1.54, 1.807) is 12.5 Å². The number of nitrogens with zero attached hydrogens (tertiary/aromatic N) is 4. The number of hydrogen-bond donors (Lipinski definition) is 1. The van der Waals surface area contributed by atoms with E-state index in [-0.39, 0.29) is 36.8 Å². The van der Waals surface area contributed by atoms with Crippen LogP contribution in [0.3, 0.4) is 0 Å². The Labute approximate surface area is 164 Å². The number of nitrogens with two attached hydrogens (primary N) is 1. The molecule has 2 N–H and O–H groups in total. The van der Waals surface area contributed by atoms with Gasteiger partial charge in [-0.25, -0.2) is 9.97 Å². The fourth-order valence-electron chi connectivity index (χ4n) is 3.17. The van der Waals surface area contributed by atoms with Crippen LogP contribution in [0, 0.1) is 0 Å². The van der Waals surface area contributed by atoms with Gasteiger partial charge in [-0.2, -0.15) is 0 Å². The van der Waals surface area contributed by atoms with E-state index in [9.17, 15) is 4.79 Å². The van der Waals surface area contributed by atoms with Crippen molar-refractivity contribution in [3.63, 3.8) is 0 Å². The molecule has 1 fully saturated rings. The SMILES string of the molecule is Cl.Cl.NC1CCCN(C(=O)c2cnc3c(c2)ncn3-c2ccccc2)C1. The van der Waals surface area contributed by atoms with Gasteiger partial charge in [0, 0.05) is 31.0 Å². The molecule has 0 saturated carbocycles. The molecule has 1 aliphatic heterocycles. The summed E-state index contributed by atoms with van der Waals surface area (Å²) in [7, 11) is 0. The van der Waals surface area contributed by atoms with Gasteiger partial charge in [0.1, 0.15) is 11.8 Å². The zero-order chi connectivity index (χ0) is 16.5. The molecule has 1 amide bonds. The zero-order valence-corrected chi connectivity index (χ0v) is 15.7. The summed E-state index contributed by atoms with van der Waals surface area (Å²) in [6.07, 6.45) is 5.29. The number of likely N-dealkylation sites (tertiary alicyclic amines) is 1. The average Bonchev–Trinajstić information content (AvgIpc) is 3.05. The van der Waals surface area contributed by atoms with Crippen molar-refractivity contribution in [2.24, 2.45) is 5.73 Å². The molecule has 2 aromatic heterocycles. The number of para-hydroxylation sites is 1. The van der Waals surface area contributed by atoms with Crippen LogP contribution >= 0.6 is 24.8 Å². The number of fused-ring (bicyclic) bond motifs is 1. The van der Waals surface area contributed by atoms with Crippen molar-refractivity contribution < 1.29 is 4.79 Å². The van der Waals surface area contributed by atoms with Crippen LogP contribution in [-0.4, -0.2) is 44.5 Å². The molecule has 0 spiro atoms. The van der Waals surface area contributed by atoms with Crippen LogP contribution in [0.4, 0.5) is 0 Å². The molecular weight excluding hydrogens is 373 g/mol. The van der Waals surface area contributed by atoms with E-state index >= 15 is 0 Å². The fourth-order valence-corrected chi connectivity index (χ4v) is 3.17. The molecule has 1 saturated heterocycles. The largest absolute Gasteiger partial charge is 0.337 e. The van der Waals surface area contributed by atoms with Gasteiger partial charge < -0.3 is 10.6 Å². The quantitative estimate of drug-likeness (QED) is 0.725. The molecule has 4 rings (SSSR count). The maximum atomic E-state index is 12.7. The van der Waals surface area contributed by atoms with Crippen molar-refractivity contribution in [1.82, 2.24) is 19.4 Å². The van der Waals surface area contributed by atoms with Gasteiger partial charge in [-0.1, -0.05) is 18.2 Å². The Kier molecular flexibility index (Phi) is 6.58. The lowest BCUT2D eigenvalue weighted by Crippen LogP contribution is -2.45. The van der Waals surface area contributed by atoms with Crippen LogP contribution in [0.2, 0.25) is 0 Å². The molecule has 1 aromatic carbocycles. The molecule has 6 nitrogen and oxygen atoms in total. The number of rotatable bonds is 2.